The number of methoxy groups -OCH3 is 1. The Morgan fingerprint density at radius 3 is 2.52 bits per heavy atom. The summed E-state index contributed by atoms with van der Waals surface area (Å²) in [5.41, 5.74) is 1.40. The number of ether oxygens (including phenoxy) is 2. The smallest absolute Gasteiger partial charge is 0.128 e. The second-order valence-electron chi connectivity index (χ2n) is 8.36. The van der Waals surface area contributed by atoms with Crippen LogP contribution >= 0.6 is 11.8 Å². The summed E-state index contributed by atoms with van der Waals surface area (Å²) in [5.74, 6) is -0.143. The van der Waals surface area contributed by atoms with E-state index in [1.165, 1.54) is 0 Å². The van der Waals surface area contributed by atoms with Gasteiger partial charge >= 0.3 is 0 Å². The van der Waals surface area contributed by atoms with E-state index in [0.717, 1.165) is 33.8 Å². The first-order valence-corrected chi connectivity index (χ1v) is 10.3. The minimum absolute atomic E-state index is 0.143. The van der Waals surface area contributed by atoms with Crippen LogP contribution in [0.5, 0.6) is 0 Å². The number of hydrogen-bond acceptors (Lipinski definition) is 3. The fraction of sp³-hybridized carbons (Fsp3) is 0.478. The molecule has 0 bridgehead atoms. The first kappa shape index (κ1) is 20.4. The van der Waals surface area contributed by atoms with Crippen LogP contribution in [0, 0.1) is 5.82 Å². The molecule has 2 nitrogen and oxygen atoms in total. The third-order valence-electron chi connectivity index (χ3n) is 5.26. The zero-order valence-electron chi connectivity index (χ0n) is 16.8. The molecule has 146 valence electrons. The molecule has 0 amide bonds. The zero-order valence-corrected chi connectivity index (χ0v) is 17.7. The fourth-order valence-electron chi connectivity index (χ4n) is 3.76. The highest BCUT2D eigenvalue weighted by molar-refractivity contribution is 7.99. The van der Waals surface area contributed by atoms with Crippen molar-refractivity contribution >= 4 is 11.8 Å². The van der Waals surface area contributed by atoms with Gasteiger partial charge in [-0.05, 0) is 47.7 Å². The van der Waals surface area contributed by atoms with E-state index in [0.29, 0.717) is 6.61 Å². The van der Waals surface area contributed by atoms with Crippen LogP contribution in [0.1, 0.15) is 51.7 Å². The van der Waals surface area contributed by atoms with Crippen LogP contribution in [0.4, 0.5) is 4.39 Å². The lowest BCUT2D eigenvalue weighted by atomic mass is 9.84. The fourth-order valence-corrected chi connectivity index (χ4v) is 4.67. The predicted molar refractivity (Wildman–Crippen MR) is 109 cm³/mol. The summed E-state index contributed by atoms with van der Waals surface area (Å²) in [5, 5.41) is 0. The molecule has 0 aromatic heterocycles. The van der Waals surface area contributed by atoms with Crippen molar-refractivity contribution in [1.82, 2.24) is 0 Å². The Morgan fingerprint density at radius 1 is 1.15 bits per heavy atom. The molecule has 0 saturated carbocycles. The summed E-state index contributed by atoms with van der Waals surface area (Å²) in [6, 6.07) is 14.0. The Hall–Kier alpha value is -1.36. The maximum atomic E-state index is 14.5. The minimum atomic E-state index is -0.310. The highest BCUT2D eigenvalue weighted by atomic mass is 32.2. The van der Waals surface area contributed by atoms with Gasteiger partial charge in [-0.3, -0.25) is 0 Å². The number of halogens is 1. The summed E-state index contributed by atoms with van der Waals surface area (Å²) in [6.07, 6.45) is 1.86. The zero-order chi connectivity index (χ0) is 19.7. The van der Waals surface area contributed by atoms with E-state index < -0.39 is 0 Å². The Balaban J connectivity index is 1.85. The second kappa shape index (κ2) is 7.94. The summed E-state index contributed by atoms with van der Waals surface area (Å²) >= 11 is 1.58. The summed E-state index contributed by atoms with van der Waals surface area (Å²) in [7, 11) is 1.78. The van der Waals surface area contributed by atoms with E-state index in [1.54, 1.807) is 24.9 Å². The molecule has 1 saturated heterocycles. The topological polar surface area (TPSA) is 18.5 Å². The lowest BCUT2D eigenvalue weighted by Crippen LogP contribution is -2.39. The van der Waals surface area contributed by atoms with Gasteiger partial charge in [0.2, 0.25) is 0 Å². The highest BCUT2D eigenvalue weighted by Crippen LogP contribution is 2.40. The van der Waals surface area contributed by atoms with Gasteiger partial charge in [-0.15, -0.1) is 0 Å². The molecule has 2 aromatic carbocycles. The molecule has 27 heavy (non-hydrogen) atoms. The average Bonchev–Trinajstić information content (AvgIpc) is 2.61. The first-order valence-electron chi connectivity index (χ1n) is 9.49. The van der Waals surface area contributed by atoms with Gasteiger partial charge in [0, 0.05) is 29.7 Å². The molecule has 0 unspecified atom stereocenters. The van der Waals surface area contributed by atoms with E-state index >= 15 is 0 Å². The van der Waals surface area contributed by atoms with Gasteiger partial charge in [-0.25, -0.2) is 4.39 Å². The second-order valence-corrected chi connectivity index (χ2v) is 9.50. The lowest BCUT2D eigenvalue weighted by Gasteiger charge is -2.39. The number of rotatable bonds is 4. The molecule has 0 spiro atoms. The van der Waals surface area contributed by atoms with Gasteiger partial charge in [0.25, 0.3) is 0 Å². The quantitative estimate of drug-likeness (QED) is 0.611. The molecular weight excluding hydrogens is 359 g/mol. The minimum Gasteiger partial charge on any atom is -0.378 e. The molecule has 1 aliphatic rings. The number of benzene rings is 2. The van der Waals surface area contributed by atoms with Crippen molar-refractivity contribution in [1.29, 1.82) is 0 Å². The van der Waals surface area contributed by atoms with Crippen LogP contribution in [-0.2, 0) is 20.5 Å². The van der Waals surface area contributed by atoms with Crippen molar-refractivity contribution < 1.29 is 13.9 Å². The van der Waals surface area contributed by atoms with E-state index in [4.69, 9.17) is 9.47 Å². The SMILES string of the molecule is CO[C@]1(c2cccc(Sc3ccc(C(C)(C)C)c(F)c3)c2)CCO[C@@H](C)C1. The van der Waals surface area contributed by atoms with Crippen LogP contribution in [-0.4, -0.2) is 19.8 Å². The highest BCUT2D eigenvalue weighted by Gasteiger charge is 2.37. The van der Waals surface area contributed by atoms with Gasteiger partial charge in [-0.2, -0.15) is 0 Å². The lowest BCUT2D eigenvalue weighted by molar-refractivity contribution is -0.122. The van der Waals surface area contributed by atoms with Gasteiger partial charge < -0.3 is 9.47 Å². The maximum absolute atomic E-state index is 14.5. The first-order chi connectivity index (χ1) is 12.7. The maximum Gasteiger partial charge on any atom is 0.128 e. The van der Waals surface area contributed by atoms with E-state index in [1.807, 2.05) is 32.9 Å². The Bertz CT molecular complexity index is 799. The Labute approximate surface area is 166 Å². The molecule has 0 N–H and O–H groups in total. The molecule has 0 aliphatic carbocycles. The van der Waals surface area contributed by atoms with E-state index in [2.05, 4.69) is 31.2 Å². The largest absolute Gasteiger partial charge is 0.378 e. The monoisotopic (exact) mass is 388 g/mol. The number of hydrogen-bond donors (Lipinski definition) is 0. The van der Waals surface area contributed by atoms with Crippen LogP contribution in [0.2, 0.25) is 0 Å². The molecule has 0 radical (unpaired) electrons. The van der Waals surface area contributed by atoms with Crippen LogP contribution in [0.3, 0.4) is 0 Å². The van der Waals surface area contributed by atoms with Gasteiger partial charge in [-0.1, -0.05) is 50.7 Å². The van der Waals surface area contributed by atoms with Crippen molar-refractivity contribution in [2.45, 2.75) is 67.4 Å². The Morgan fingerprint density at radius 2 is 1.89 bits per heavy atom. The summed E-state index contributed by atoms with van der Waals surface area (Å²) < 4.78 is 26.2. The normalized spacial score (nSPS) is 23.4. The Kier molecular flexibility index (Phi) is 5.99. The van der Waals surface area contributed by atoms with Gasteiger partial charge in [0.05, 0.1) is 18.3 Å². The third kappa shape index (κ3) is 4.56. The van der Waals surface area contributed by atoms with Gasteiger partial charge in [0.15, 0.2) is 0 Å². The molecule has 3 rings (SSSR count). The molecule has 4 heteroatoms. The standard InChI is InChI=1S/C23H29FO2S/c1-16-15-23(25-5,11-12-26-16)17-7-6-8-18(13-17)27-19-9-10-20(21(24)14-19)22(2,3)4/h6-10,13-14,16H,11-12,15H2,1-5H3/t16-,23+/m0/s1. The van der Waals surface area contributed by atoms with Crippen molar-refractivity contribution in [2.24, 2.45) is 0 Å². The third-order valence-corrected chi connectivity index (χ3v) is 6.24. The summed E-state index contributed by atoms with van der Waals surface area (Å²) in [4.78, 5) is 2.00. The molecule has 1 aliphatic heterocycles. The van der Waals surface area contributed by atoms with E-state index in [9.17, 15) is 4.39 Å². The van der Waals surface area contributed by atoms with Crippen LogP contribution < -0.4 is 0 Å². The van der Waals surface area contributed by atoms with Crippen LogP contribution in [0.15, 0.2) is 52.3 Å². The molecule has 2 aromatic rings. The molecule has 1 heterocycles. The van der Waals surface area contributed by atoms with Crippen molar-refractivity contribution in [2.75, 3.05) is 13.7 Å². The van der Waals surface area contributed by atoms with Crippen LogP contribution in [0.25, 0.3) is 0 Å². The van der Waals surface area contributed by atoms with E-state index in [-0.39, 0.29) is 22.9 Å². The van der Waals surface area contributed by atoms with Crippen molar-refractivity contribution in [3.8, 4) is 0 Å². The predicted octanol–water partition coefficient (Wildman–Crippen LogP) is 6.32. The van der Waals surface area contributed by atoms with Crippen molar-refractivity contribution in [3.05, 3.63) is 59.4 Å². The van der Waals surface area contributed by atoms with Gasteiger partial charge in [0.1, 0.15) is 5.82 Å². The molecule has 2 atom stereocenters. The average molecular weight is 389 g/mol. The molecule has 1 fully saturated rings. The summed E-state index contributed by atoms with van der Waals surface area (Å²) in [6.45, 7) is 8.87. The van der Waals surface area contributed by atoms with Crippen molar-refractivity contribution in [3.63, 3.8) is 0 Å². The molecular formula is C23H29FO2S.